The van der Waals surface area contributed by atoms with Gasteiger partial charge in [-0.05, 0) is 30.3 Å². The van der Waals surface area contributed by atoms with Crippen LogP contribution < -0.4 is 5.32 Å². The number of carbonyl (C=O) groups is 3. The summed E-state index contributed by atoms with van der Waals surface area (Å²) in [7, 11) is 2.47. The van der Waals surface area contributed by atoms with Crippen molar-refractivity contribution in [1.29, 1.82) is 0 Å². The number of nitrogens with one attached hydrogen (secondary N) is 1. The van der Waals surface area contributed by atoms with E-state index in [0.29, 0.717) is 16.3 Å². The third-order valence-corrected chi connectivity index (χ3v) is 4.55. The Balaban J connectivity index is 1.74. The topological polar surface area (TPSA) is 108 Å². The molecule has 0 radical (unpaired) electrons. The maximum atomic E-state index is 12.3. The van der Waals surface area contributed by atoms with Crippen LogP contribution in [0.3, 0.4) is 0 Å². The van der Waals surface area contributed by atoms with E-state index in [1.165, 1.54) is 32.4 Å². The minimum Gasteiger partial charge on any atom is -0.465 e. The van der Waals surface area contributed by atoms with Gasteiger partial charge >= 0.3 is 11.9 Å². The summed E-state index contributed by atoms with van der Waals surface area (Å²) in [6.07, 6.45) is 0. The lowest BCUT2D eigenvalue weighted by atomic mass is 10.1. The summed E-state index contributed by atoms with van der Waals surface area (Å²) >= 11 is 1.11. The first-order valence-corrected chi connectivity index (χ1v) is 9.09. The number of aromatic nitrogens is 1. The third-order valence-electron chi connectivity index (χ3n) is 3.72. The van der Waals surface area contributed by atoms with Gasteiger partial charge in [0.2, 0.25) is 5.91 Å². The van der Waals surface area contributed by atoms with Gasteiger partial charge in [0.15, 0.2) is 5.58 Å². The van der Waals surface area contributed by atoms with Gasteiger partial charge in [0, 0.05) is 0 Å². The average Bonchev–Trinajstić information content (AvgIpc) is 3.14. The highest BCUT2D eigenvalue weighted by Crippen LogP contribution is 2.24. The monoisotopic (exact) mass is 400 g/mol. The zero-order valence-corrected chi connectivity index (χ0v) is 15.9. The molecule has 1 heterocycles. The molecule has 1 amide bonds. The number of nitrogens with zero attached hydrogens (tertiary/aromatic N) is 1. The van der Waals surface area contributed by atoms with Gasteiger partial charge in [-0.1, -0.05) is 23.9 Å². The van der Waals surface area contributed by atoms with Crippen molar-refractivity contribution in [3.63, 3.8) is 0 Å². The number of amides is 1. The van der Waals surface area contributed by atoms with Crippen LogP contribution in [0.25, 0.3) is 11.1 Å². The highest BCUT2D eigenvalue weighted by Gasteiger charge is 2.18. The Kier molecular flexibility index (Phi) is 5.95. The van der Waals surface area contributed by atoms with Gasteiger partial charge in [0.1, 0.15) is 5.52 Å². The summed E-state index contributed by atoms with van der Waals surface area (Å²) < 4.78 is 14.9. The van der Waals surface area contributed by atoms with Crippen molar-refractivity contribution in [1.82, 2.24) is 4.98 Å². The van der Waals surface area contributed by atoms with Crippen LogP contribution in [-0.4, -0.2) is 42.8 Å². The Morgan fingerprint density at radius 2 is 1.82 bits per heavy atom. The number of thioether (sulfide) groups is 1. The van der Waals surface area contributed by atoms with E-state index in [9.17, 15) is 14.4 Å². The molecule has 0 atom stereocenters. The molecule has 1 N–H and O–H groups in total. The molecule has 9 heteroatoms. The zero-order chi connectivity index (χ0) is 20.1. The van der Waals surface area contributed by atoms with Crippen molar-refractivity contribution in [2.45, 2.75) is 5.22 Å². The van der Waals surface area contributed by atoms with Gasteiger partial charge in [-0.3, -0.25) is 4.79 Å². The second kappa shape index (κ2) is 8.57. The molecular formula is C19H16N2O6S. The fourth-order valence-corrected chi connectivity index (χ4v) is 3.05. The summed E-state index contributed by atoms with van der Waals surface area (Å²) in [5.41, 5.74) is 1.79. The van der Waals surface area contributed by atoms with Crippen molar-refractivity contribution < 1.29 is 28.3 Å². The van der Waals surface area contributed by atoms with E-state index in [1.54, 1.807) is 6.07 Å². The Labute approximate surface area is 164 Å². The van der Waals surface area contributed by atoms with Crippen LogP contribution in [0.2, 0.25) is 0 Å². The quantitative estimate of drug-likeness (QED) is 0.497. The summed E-state index contributed by atoms with van der Waals surface area (Å²) in [5, 5.41) is 2.97. The maximum Gasteiger partial charge on any atom is 0.339 e. The van der Waals surface area contributed by atoms with Gasteiger partial charge in [-0.25, -0.2) is 14.6 Å². The second-order valence-electron chi connectivity index (χ2n) is 5.53. The molecule has 0 bridgehead atoms. The molecule has 0 unspecified atom stereocenters. The van der Waals surface area contributed by atoms with Crippen molar-refractivity contribution >= 4 is 46.4 Å². The molecule has 0 aliphatic heterocycles. The first-order valence-electron chi connectivity index (χ1n) is 8.10. The number of ether oxygens (including phenoxy) is 2. The molecule has 3 rings (SSSR count). The Hall–Kier alpha value is -3.33. The minimum absolute atomic E-state index is 0.00408. The zero-order valence-electron chi connectivity index (χ0n) is 15.1. The Morgan fingerprint density at radius 1 is 1.07 bits per heavy atom. The van der Waals surface area contributed by atoms with Gasteiger partial charge in [0.05, 0.1) is 36.8 Å². The van der Waals surface area contributed by atoms with Crippen molar-refractivity contribution in [3.05, 3.63) is 53.6 Å². The Morgan fingerprint density at radius 3 is 2.54 bits per heavy atom. The van der Waals surface area contributed by atoms with Gasteiger partial charge < -0.3 is 19.2 Å². The SMILES string of the molecule is COC(=O)c1ccc(C(=O)OC)c(NC(=O)CSc2nc3ccccc3o2)c1. The summed E-state index contributed by atoms with van der Waals surface area (Å²) in [6.45, 7) is 0. The van der Waals surface area contributed by atoms with Gasteiger partial charge in [0.25, 0.3) is 5.22 Å². The van der Waals surface area contributed by atoms with Crippen LogP contribution in [0.5, 0.6) is 0 Å². The molecule has 0 saturated heterocycles. The molecule has 144 valence electrons. The molecule has 0 fully saturated rings. The van der Waals surface area contributed by atoms with Crippen LogP contribution in [0.15, 0.2) is 52.1 Å². The molecule has 0 spiro atoms. The first-order chi connectivity index (χ1) is 13.5. The third kappa shape index (κ3) is 4.32. The normalized spacial score (nSPS) is 10.5. The van der Waals surface area contributed by atoms with Crippen molar-refractivity contribution in [2.24, 2.45) is 0 Å². The summed E-state index contributed by atoms with van der Waals surface area (Å²) in [4.78, 5) is 40.3. The van der Waals surface area contributed by atoms with E-state index in [2.05, 4.69) is 15.0 Å². The standard InChI is InChI=1S/C19H16N2O6S/c1-25-17(23)11-7-8-12(18(24)26-2)14(9-11)20-16(22)10-28-19-21-13-5-3-4-6-15(13)27-19/h3-9H,10H2,1-2H3,(H,20,22). The number of benzene rings is 2. The number of methoxy groups -OCH3 is 2. The van der Waals surface area contributed by atoms with Crippen LogP contribution in [0.4, 0.5) is 5.69 Å². The molecule has 28 heavy (non-hydrogen) atoms. The molecule has 0 saturated carbocycles. The van der Waals surface area contributed by atoms with E-state index < -0.39 is 17.8 Å². The number of esters is 2. The highest BCUT2D eigenvalue weighted by atomic mass is 32.2. The van der Waals surface area contributed by atoms with E-state index in [0.717, 1.165) is 11.8 Å². The van der Waals surface area contributed by atoms with E-state index in [1.807, 2.05) is 18.2 Å². The van der Waals surface area contributed by atoms with Crippen LogP contribution in [0.1, 0.15) is 20.7 Å². The first kappa shape index (κ1) is 19.4. The minimum atomic E-state index is -0.640. The predicted octanol–water partition coefficient (Wildman–Crippen LogP) is 3.13. The summed E-state index contributed by atoms with van der Waals surface area (Å²) in [6, 6.07) is 11.4. The lowest BCUT2D eigenvalue weighted by molar-refractivity contribution is -0.113. The Bertz CT molecular complexity index is 1010. The number of hydrogen-bond donors (Lipinski definition) is 1. The number of anilines is 1. The maximum absolute atomic E-state index is 12.3. The second-order valence-corrected chi connectivity index (χ2v) is 6.45. The number of carbonyl (C=O) groups excluding carboxylic acids is 3. The largest absolute Gasteiger partial charge is 0.465 e. The molecule has 3 aromatic rings. The number of fused-ring (bicyclic) bond motifs is 1. The van der Waals surface area contributed by atoms with E-state index in [-0.39, 0.29) is 22.6 Å². The molecular weight excluding hydrogens is 384 g/mol. The van der Waals surface area contributed by atoms with Crippen LogP contribution >= 0.6 is 11.8 Å². The van der Waals surface area contributed by atoms with Crippen molar-refractivity contribution in [2.75, 3.05) is 25.3 Å². The molecule has 0 aliphatic rings. The van der Waals surface area contributed by atoms with Crippen LogP contribution in [0, 0.1) is 0 Å². The number of oxazole rings is 1. The van der Waals surface area contributed by atoms with E-state index in [4.69, 9.17) is 9.15 Å². The highest BCUT2D eigenvalue weighted by molar-refractivity contribution is 7.99. The number of rotatable bonds is 6. The van der Waals surface area contributed by atoms with Gasteiger partial charge in [-0.2, -0.15) is 0 Å². The number of para-hydroxylation sites is 2. The van der Waals surface area contributed by atoms with Crippen LogP contribution in [-0.2, 0) is 14.3 Å². The molecule has 8 nitrogen and oxygen atoms in total. The fraction of sp³-hybridized carbons (Fsp3) is 0.158. The van der Waals surface area contributed by atoms with E-state index >= 15 is 0 Å². The lowest BCUT2D eigenvalue weighted by Crippen LogP contribution is -2.18. The smallest absolute Gasteiger partial charge is 0.339 e. The van der Waals surface area contributed by atoms with Crippen molar-refractivity contribution in [3.8, 4) is 0 Å². The lowest BCUT2D eigenvalue weighted by Gasteiger charge is -2.11. The molecule has 2 aromatic carbocycles. The molecule has 0 aliphatic carbocycles. The average molecular weight is 400 g/mol. The number of hydrogen-bond acceptors (Lipinski definition) is 8. The summed E-state index contributed by atoms with van der Waals surface area (Å²) in [5.74, 6) is -1.64. The fourth-order valence-electron chi connectivity index (χ4n) is 2.41. The van der Waals surface area contributed by atoms with Gasteiger partial charge in [-0.15, -0.1) is 0 Å². The molecule has 1 aromatic heterocycles. The predicted molar refractivity (Wildman–Crippen MR) is 102 cm³/mol.